The number of piperidine rings is 2. The number of oxime groups is 1. The van der Waals surface area contributed by atoms with Crippen molar-refractivity contribution >= 4 is 29.1 Å². The van der Waals surface area contributed by atoms with Gasteiger partial charge in [-0.15, -0.1) is 0 Å². The number of amides is 2. The summed E-state index contributed by atoms with van der Waals surface area (Å²) in [4.78, 5) is 31.4. The van der Waals surface area contributed by atoms with Gasteiger partial charge in [0.05, 0.1) is 30.2 Å². The highest BCUT2D eigenvalue weighted by Gasteiger charge is 2.45. The molecular weight excluding hydrogens is 367 g/mol. The first kappa shape index (κ1) is 18.5. The molecule has 1 aromatic rings. The van der Waals surface area contributed by atoms with Crippen molar-refractivity contribution in [3.63, 3.8) is 0 Å². The number of carbonyl (C=O) groups is 2. The van der Waals surface area contributed by atoms with Crippen molar-refractivity contribution in [3.8, 4) is 0 Å². The van der Waals surface area contributed by atoms with Gasteiger partial charge in [0, 0.05) is 31.8 Å². The van der Waals surface area contributed by atoms with Crippen LogP contribution in [0, 0.1) is 17.7 Å². The Morgan fingerprint density at radius 1 is 1.36 bits per heavy atom. The molecule has 0 aromatic heterocycles. The van der Waals surface area contributed by atoms with Crippen molar-refractivity contribution in [2.45, 2.75) is 19.4 Å². The van der Waals surface area contributed by atoms with Gasteiger partial charge in [-0.25, -0.2) is 9.18 Å². The van der Waals surface area contributed by atoms with Gasteiger partial charge in [0.25, 0.3) is 0 Å². The third kappa shape index (κ3) is 3.36. The second-order valence-electron chi connectivity index (χ2n) is 7.42. The van der Waals surface area contributed by atoms with E-state index in [-0.39, 0.29) is 24.8 Å². The van der Waals surface area contributed by atoms with Crippen LogP contribution in [0.15, 0.2) is 23.4 Å². The molecule has 3 atom stereocenters. The second kappa shape index (κ2) is 7.29. The van der Waals surface area contributed by atoms with E-state index in [2.05, 4.69) is 10.5 Å². The number of nitrogens with one attached hydrogen (secondary N) is 1. The highest BCUT2D eigenvalue weighted by Crippen LogP contribution is 2.40. The lowest BCUT2D eigenvalue weighted by Crippen LogP contribution is -2.56. The van der Waals surface area contributed by atoms with Crippen molar-refractivity contribution in [3.05, 3.63) is 24.0 Å². The highest BCUT2D eigenvalue weighted by molar-refractivity contribution is 5.96. The molecule has 1 aliphatic carbocycles. The molecule has 150 valence electrons. The topological polar surface area (TPSA) is 83.5 Å². The molecule has 4 fully saturated rings. The number of hydrogen-bond donors (Lipinski definition) is 1. The first-order chi connectivity index (χ1) is 13.5. The Labute approximate surface area is 162 Å². The fraction of sp³-hybridized carbons (Fsp3) is 0.526. The maximum atomic E-state index is 14.8. The quantitative estimate of drug-likeness (QED) is 0.775. The summed E-state index contributed by atoms with van der Waals surface area (Å²) < 4.78 is 20.1. The predicted octanol–water partition coefficient (Wildman–Crippen LogP) is 1.75. The van der Waals surface area contributed by atoms with Gasteiger partial charge in [0.2, 0.25) is 5.91 Å². The minimum absolute atomic E-state index is 0.192. The van der Waals surface area contributed by atoms with E-state index in [1.54, 1.807) is 19.2 Å². The lowest BCUT2D eigenvalue weighted by Gasteiger charge is -2.48. The van der Waals surface area contributed by atoms with Crippen LogP contribution in [0.1, 0.15) is 13.3 Å². The number of cyclic esters (lactones) is 1. The zero-order chi connectivity index (χ0) is 19.8. The van der Waals surface area contributed by atoms with Crippen LogP contribution in [0.4, 0.5) is 20.6 Å². The molecule has 8 nitrogen and oxygen atoms in total. The lowest BCUT2D eigenvalue weighted by atomic mass is 9.69. The summed E-state index contributed by atoms with van der Waals surface area (Å²) in [5.41, 5.74) is 2.04. The van der Waals surface area contributed by atoms with E-state index >= 15 is 0 Å². The molecule has 1 saturated carbocycles. The summed E-state index contributed by atoms with van der Waals surface area (Å²) in [6.45, 7) is 3.32. The fourth-order valence-corrected chi connectivity index (χ4v) is 4.17. The van der Waals surface area contributed by atoms with Gasteiger partial charge in [-0.05, 0) is 24.6 Å². The monoisotopic (exact) mass is 390 g/mol. The molecule has 2 bridgehead atoms. The number of fused-ring (bicyclic) bond motifs is 2. The van der Waals surface area contributed by atoms with Crippen LogP contribution in [-0.4, -0.2) is 57.1 Å². The summed E-state index contributed by atoms with van der Waals surface area (Å²) >= 11 is 0. The number of hydrogen-bond acceptors (Lipinski definition) is 6. The molecule has 3 unspecified atom stereocenters. The molecule has 9 heteroatoms. The zero-order valence-electron chi connectivity index (χ0n) is 15.9. The summed E-state index contributed by atoms with van der Waals surface area (Å²) in [5, 5.41) is 6.71. The van der Waals surface area contributed by atoms with E-state index < -0.39 is 12.2 Å². The molecule has 3 aliphatic heterocycles. The van der Waals surface area contributed by atoms with Crippen molar-refractivity contribution < 1.29 is 23.6 Å². The van der Waals surface area contributed by atoms with Crippen molar-refractivity contribution in [1.82, 2.24) is 5.32 Å². The number of halogens is 1. The first-order valence-corrected chi connectivity index (χ1v) is 9.34. The average Bonchev–Trinajstić information content (AvgIpc) is 3.05. The molecule has 28 heavy (non-hydrogen) atoms. The van der Waals surface area contributed by atoms with Crippen LogP contribution in [0.25, 0.3) is 0 Å². The number of nitrogens with zero attached hydrogens (tertiary/aromatic N) is 3. The minimum atomic E-state index is -0.540. The Bertz CT molecular complexity index is 816. The number of anilines is 2. The van der Waals surface area contributed by atoms with Gasteiger partial charge >= 0.3 is 6.09 Å². The van der Waals surface area contributed by atoms with Crippen LogP contribution in [0.5, 0.6) is 0 Å². The van der Waals surface area contributed by atoms with E-state index in [0.29, 0.717) is 36.3 Å². The van der Waals surface area contributed by atoms with Gasteiger partial charge in [-0.3, -0.25) is 9.69 Å². The largest absolute Gasteiger partial charge is 0.442 e. The van der Waals surface area contributed by atoms with Crippen LogP contribution in [0.2, 0.25) is 0 Å². The van der Waals surface area contributed by atoms with E-state index in [4.69, 9.17) is 9.57 Å². The third-order valence-corrected chi connectivity index (χ3v) is 5.52. The normalized spacial score (nSPS) is 25.9. The molecular formula is C19H23FN4O4. The Hall–Kier alpha value is -2.84. The maximum Gasteiger partial charge on any atom is 0.414 e. The van der Waals surface area contributed by atoms with Gasteiger partial charge in [-0.2, -0.15) is 0 Å². The SMILES string of the molecule is CON=C1C2CC1CN(c1ccc(N3CC(CNC(C)=O)OC3=O)cc1F)C2. The Morgan fingerprint density at radius 2 is 2.11 bits per heavy atom. The van der Waals surface area contributed by atoms with E-state index in [1.807, 2.05) is 4.90 Å². The third-order valence-electron chi connectivity index (χ3n) is 5.52. The Morgan fingerprint density at radius 3 is 2.75 bits per heavy atom. The number of carbonyl (C=O) groups excluding carboxylic acids is 2. The van der Waals surface area contributed by atoms with Crippen molar-refractivity contribution in [2.24, 2.45) is 17.0 Å². The van der Waals surface area contributed by atoms with E-state index in [0.717, 1.165) is 12.1 Å². The number of ether oxygens (including phenoxy) is 1. The molecule has 1 N–H and O–H groups in total. The Kier molecular flexibility index (Phi) is 4.82. The molecule has 4 aliphatic rings. The Balaban J connectivity index is 1.43. The summed E-state index contributed by atoms with van der Waals surface area (Å²) in [6, 6.07) is 4.80. The molecule has 5 rings (SSSR count). The average molecular weight is 390 g/mol. The van der Waals surface area contributed by atoms with Crippen molar-refractivity contribution in [2.75, 3.05) is 43.1 Å². The van der Waals surface area contributed by atoms with Crippen LogP contribution in [0.3, 0.4) is 0 Å². The smallest absolute Gasteiger partial charge is 0.414 e. The molecule has 0 radical (unpaired) electrons. The van der Waals surface area contributed by atoms with Gasteiger partial charge < -0.3 is 19.8 Å². The number of benzene rings is 1. The molecule has 0 spiro atoms. The zero-order valence-corrected chi connectivity index (χ0v) is 15.9. The standard InChI is InChI=1S/C19H23FN4O4/c1-11(25)21-7-15-10-24(19(26)28-15)14-3-4-17(16(20)6-14)23-8-12-5-13(9-23)18(12)22-27-2/h3-4,6,12-13,15H,5,7-10H2,1-2H3,(H,21,25). The highest BCUT2D eigenvalue weighted by atomic mass is 19.1. The van der Waals surface area contributed by atoms with Crippen LogP contribution < -0.4 is 15.1 Å². The molecule has 3 heterocycles. The van der Waals surface area contributed by atoms with Crippen LogP contribution >= 0.6 is 0 Å². The summed E-state index contributed by atoms with van der Waals surface area (Å²) in [5.74, 6) is 0.0482. The molecule has 1 aromatic carbocycles. The summed E-state index contributed by atoms with van der Waals surface area (Å²) in [6.07, 6.45) is 0.0715. The second-order valence-corrected chi connectivity index (χ2v) is 7.42. The first-order valence-electron chi connectivity index (χ1n) is 9.34. The minimum Gasteiger partial charge on any atom is -0.442 e. The summed E-state index contributed by atoms with van der Waals surface area (Å²) in [7, 11) is 1.54. The van der Waals surface area contributed by atoms with Crippen LogP contribution in [-0.2, 0) is 14.4 Å². The van der Waals surface area contributed by atoms with Gasteiger partial charge in [0.15, 0.2) is 0 Å². The van der Waals surface area contributed by atoms with Crippen molar-refractivity contribution in [1.29, 1.82) is 0 Å². The lowest BCUT2D eigenvalue weighted by molar-refractivity contribution is -0.119. The fourth-order valence-electron chi connectivity index (χ4n) is 4.17. The molecule has 3 saturated heterocycles. The van der Waals surface area contributed by atoms with E-state index in [1.165, 1.54) is 17.9 Å². The maximum absolute atomic E-state index is 14.8. The van der Waals surface area contributed by atoms with Gasteiger partial charge in [-0.1, -0.05) is 5.16 Å². The molecule has 2 amide bonds. The number of rotatable bonds is 5. The predicted molar refractivity (Wildman–Crippen MR) is 101 cm³/mol. The van der Waals surface area contributed by atoms with E-state index in [9.17, 15) is 14.0 Å². The van der Waals surface area contributed by atoms with Gasteiger partial charge in [0.1, 0.15) is 19.0 Å².